The molecule has 0 unspecified atom stereocenters. The summed E-state index contributed by atoms with van der Waals surface area (Å²) in [7, 11) is 1.21. The second-order valence-electron chi connectivity index (χ2n) is 5.83. The van der Waals surface area contributed by atoms with Crippen LogP contribution in [0.25, 0.3) is 6.08 Å². The fourth-order valence-electron chi connectivity index (χ4n) is 2.34. The van der Waals surface area contributed by atoms with Gasteiger partial charge in [0, 0.05) is 11.1 Å². The van der Waals surface area contributed by atoms with Gasteiger partial charge in [0.15, 0.2) is 0 Å². The third-order valence-electron chi connectivity index (χ3n) is 3.77. The second-order valence-corrected chi connectivity index (χ2v) is 5.83. The van der Waals surface area contributed by atoms with Crippen LogP contribution in [-0.2, 0) is 11.0 Å². The van der Waals surface area contributed by atoms with E-state index < -0.39 is 29.6 Å². The molecule has 6 nitrogen and oxygen atoms in total. The average molecular weight is 412 g/mol. The number of ether oxygens (including phenoxy) is 1. The molecule has 2 rings (SSSR count). The Morgan fingerprint density at radius 1 is 1.14 bits per heavy atom. The Bertz CT molecular complexity index is 971. The van der Waals surface area contributed by atoms with Crippen molar-refractivity contribution < 1.29 is 37.0 Å². The summed E-state index contributed by atoms with van der Waals surface area (Å²) in [5.74, 6) is -2.13. The number of benzene rings is 2. The first kappa shape index (κ1) is 21.7. The first-order valence-electron chi connectivity index (χ1n) is 8.06. The Morgan fingerprint density at radius 3 is 2.41 bits per heavy atom. The summed E-state index contributed by atoms with van der Waals surface area (Å²) in [6.07, 6.45) is -3.50. The molecular weight excluding hydrogens is 396 g/mol. The zero-order valence-corrected chi connectivity index (χ0v) is 15.2. The number of urea groups is 1. The molecule has 0 aromatic heterocycles. The van der Waals surface area contributed by atoms with E-state index in [-0.39, 0.29) is 28.3 Å². The number of methoxy groups -OCH3 is 1. The van der Waals surface area contributed by atoms with Gasteiger partial charge in [0.2, 0.25) is 0 Å². The molecule has 0 aliphatic rings. The molecule has 0 saturated carbocycles. The number of carbonyl (C=O) groups is 2. The molecule has 29 heavy (non-hydrogen) atoms. The molecule has 0 fully saturated rings. The van der Waals surface area contributed by atoms with Crippen LogP contribution in [0, 0.1) is 5.82 Å². The van der Waals surface area contributed by atoms with Crippen molar-refractivity contribution in [2.24, 2.45) is 0 Å². The van der Waals surface area contributed by atoms with E-state index in [0.717, 1.165) is 24.3 Å². The number of amides is 2. The van der Waals surface area contributed by atoms with Gasteiger partial charge in [0.05, 0.1) is 24.0 Å². The number of anilines is 2. The molecule has 0 bridgehead atoms. The van der Waals surface area contributed by atoms with Crippen molar-refractivity contribution in [3.8, 4) is 5.75 Å². The van der Waals surface area contributed by atoms with E-state index in [9.17, 15) is 27.2 Å². The number of carboxylic acids is 1. The number of halogens is 4. The molecule has 2 aromatic carbocycles. The number of rotatable bonds is 5. The van der Waals surface area contributed by atoms with E-state index >= 15 is 0 Å². The molecule has 0 aliphatic carbocycles. The van der Waals surface area contributed by atoms with Gasteiger partial charge in [-0.3, -0.25) is 0 Å². The molecule has 154 valence electrons. The predicted octanol–water partition coefficient (Wildman–Crippen LogP) is 4.99. The van der Waals surface area contributed by atoms with Gasteiger partial charge >= 0.3 is 18.2 Å². The molecule has 0 aliphatic heterocycles. The van der Waals surface area contributed by atoms with Crippen LogP contribution in [0.3, 0.4) is 0 Å². The minimum absolute atomic E-state index is 0.0384. The Kier molecular flexibility index (Phi) is 6.47. The highest BCUT2D eigenvalue weighted by Crippen LogP contribution is 2.35. The molecule has 0 spiro atoms. The number of para-hydroxylation sites is 1. The van der Waals surface area contributed by atoms with Crippen molar-refractivity contribution in [2.75, 3.05) is 17.7 Å². The first-order valence-corrected chi connectivity index (χ1v) is 8.06. The van der Waals surface area contributed by atoms with Gasteiger partial charge in [-0.15, -0.1) is 0 Å². The standard InChI is InChI=1S/C19H16F4N2O4/c1-10(17(26)27)8-11-4-3-5-13(20)16(11)25-18(28)24-14-9-12(19(21,22)23)6-7-15(14)29-2/h3-9H,1-2H3,(H,26,27)(H2,24,25,28). The monoisotopic (exact) mass is 412 g/mol. The van der Waals surface area contributed by atoms with Crippen molar-refractivity contribution in [2.45, 2.75) is 13.1 Å². The maximum Gasteiger partial charge on any atom is 0.416 e. The smallest absolute Gasteiger partial charge is 0.416 e. The zero-order chi connectivity index (χ0) is 21.8. The number of hydrogen-bond donors (Lipinski definition) is 3. The van der Waals surface area contributed by atoms with Gasteiger partial charge in [0.1, 0.15) is 11.6 Å². The van der Waals surface area contributed by atoms with E-state index in [1.54, 1.807) is 0 Å². The van der Waals surface area contributed by atoms with Crippen LogP contribution in [0.15, 0.2) is 42.0 Å². The van der Waals surface area contributed by atoms with Crippen LogP contribution in [0.1, 0.15) is 18.1 Å². The third kappa shape index (κ3) is 5.47. The molecule has 2 amide bonds. The molecule has 2 aromatic rings. The van der Waals surface area contributed by atoms with Gasteiger partial charge in [-0.2, -0.15) is 13.2 Å². The highest BCUT2D eigenvalue weighted by atomic mass is 19.4. The topological polar surface area (TPSA) is 87.7 Å². The molecule has 0 heterocycles. The van der Waals surface area contributed by atoms with Crippen molar-refractivity contribution in [3.05, 3.63) is 58.9 Å². The first-order chi connectivity index (χ1) is 13.5. The van der Waals surface area contributed by atoms with Gasteiger partial charge in [-0.05, 0) is 37.3 Å². The van der Waals surface area contributed by atoms with E-state index in [2.05, 4.69) is 10.6 Å². The summed E-state index contributed by atoms with van der Waals surface area (Å²) in [6, 6.07) is 5.17. The Labute approximate surface area is 162 Å². The minimum Gasteiger partial charge on any atom is -0.495 e. The maximum absolute atomic E-state index is 14.2. The molecule has 0 saturated heterocycles. The van der Waals surface area contributed by atoms with Crippen molar-refractivity contribution in [1.82, 2.24) is 0 Å². The fraction of sp³-hybridized carbons (Fsp3) is 0.158. The average Bonchev–Trinajstić information content (AvgIpc) is 2.63. The summed E-state index contributed by atoms with van der Waals surface area (Å²) < 4.78 is 57.8. The Balaban J connectivity index is 2.33. The van der Waals surface area contributed by atoms with Crippen LogP contribution in [-0.4, -0.2) is 24.2 Å². The second kappa shape index (κ2) is 8.63. The number of hydrogen-bond acceptors (Lipinski definition) is 3. The number of carboxylic acid groups (broad SMARTS) is 1. The number of alkyl halides is 3. The maximum atomic E-state index is 14.2. The SMILES string of the molecule is COc1ccc(C(F)(F)F)cc1NC(=O)Nc1c(F)cccc1C=C(C)C(=O)O. The van der Waals surface area contributed by atoms with E-state index in [1.807, 2.05) is 0 Å². The number of carbonyl (C=O) groups excluding carboxylic acids is 1. The van der Waals surface area contributed by atoms with Crippen molar-refractivity contribution in [1.29, 1.82) is 0 Å². The minimum atomic E-state index is -4.64. The molecule has 0 radical (unpaired) electrons. The Hall–Kier alpha value is -3.56. The van der Waals surface area contributed by atoms with E-state index in [0.29, 0.717) is 6.07 Å². The number of nitrogens with one attached hydrogen (secondary N) is 2. The zero-order valence-electron chi connectivity index (χ0n) is 15.2. The largest absolute Gasteiger partial charge is 0.495 e. The summed E-state index contributed by atoms with van der Waals surface area (Å²) in [4.78, 5) is 23.3. The highest BCUT2D eigenvalue weighted by Gasteiger charge is 2.31. The van der Waals surface area contributed by atoms with Gasteiger partial charge in [-0.25, -0.2) is 14.0 Å². The lowest BCUT2D eigenvalue weighted by atomic mass is 10.1. The molecule has 3 N–H and O–H groups in total. The summed E-state index contributed by atoms with van der Waals surface area (Å²) in [6.45, 7) is 1.28. The normalized spacial score (nSPS) is 11.7. The highest BCUT2D eigenvalue weighted by molar-refractivity contribution is 6.02. The van der Waals surface area contributed by atoms with Gasteiger partial charge in [0.25, 0.3) is 0 Å². The lowest BCUT2D eigenvalue weighted by Crippen LogP contribution is -2.21. The van der Waals surface area contributed by atoms with Crippen LogP contribution >= 0.6 is 0 Å². The summed E-state index contributed by atoms with van der Waals surface area (Å²) in [5, 5.41) is 13.3. The van der Waals surface area contributed by atoms with E-state index in [1.165, 1.54) is 26.2 Å². The van der Waals surface area contributed by atoms with Crippen molar-refractivity contribution >= 4 is 29.5 Å². The number of aliphatic carboxylic acids is 1. The summed E-state index contributed by atoms with van der Waals surface area (Å²) >= 11 is 0. The van der Waals surface area contributed by atoms with Gasteiger partial charge in [-0.1, -0.05) is 12.1 Å². The Morgan fingerprint density at radius 2 is 1.83 bits per heavy atom. The molecular formula is C19H16F4N2O4. The van der Waals surface area contributed by atoms with Gasteiger partial charge < -0.3 is 20.5 Å². The van der Waals surface area contributed by atoms with Crippen LogP contribution in [0.2, 0.25) is 0 Å². The fourth-order valence-corrected chi connectivity index (χ4v) is 2.34. The van der Waals surface area contributed by atoms with Crippen LogP contribution < -0.4 is 15.4 Å². The molecule has 0 atom stereocenters. The van der Waals surface area contributed by atoms with Crippen LogP contribution in [0.5, 0.6) is 5.75 Å². The lowest BCUT2D eigenvalue weighted by molar-refractivity contribution is -0.137. The van der Waals surface area contributed by atoms with Crippen molar-refractivity contribution in [3.63, 3.8) is 0 Å². The summed E-state index contributed by atoms with van der Waals surface area (Å²) in [5.41, 5.74) is -1.68. The molecule has 10 heteroatoms. The van der Waals surface area contributed by atoms with Crippen LogP contribution in [0.4, 0.5) is 33.7 Å². The lowest BCUT2D eigenvalue weighted by Gasteiger charge is -2.15. The predicted molar refractivity (Wildman–Crippen MR) is 98.3 cm³/mol. The third-order valence-corrected chi connectivity index (χ3v) is 3.77. The quantitative estimate of drug-likeness (QED) is 0.477. The van der Waals surface area contributed by atoms with E-state index in [4.69, 9.17) is 9.84 Å².